The van der Waals surface area contributed by atoms with Crippen molar-refractivity contribution in [2.24, 2.45) is 0 Å². The zero-order valence-electron chi connectivity index (χ0n) is 9.75. The predicted molar refractivity (Wildman–Crippen MR) is 74.9 cm³/mol. The molecule has 0 aliphatic carbocycles. The zero-order valence-corrected chi connectivity index (χ0v) is 11.3. The summed E-state index contributed by atoms with van der Waals surface area (Å²) in [6.07, 6.45) is 0. The highest BCUT2D eigenvalue weighted by atomic mass is 35.5. The lowest BCUT2D eigenvalue weighted by molar-refractivity contribution is 0.628. The Morgan fingerprint density at radius 2 is 1.89 bits per heavy atom. The van der Waals surface area contributed by atoms with Crippen LogP contribution in [-0.2, 0) is 0 Å². The Bertz CT molecular complexity index is 557. The molecule has 0 radical (unpaired) electrons. The van der Waals surface area contributed by atoms with Crippen LogP contribution in [-0.4, -0.2) is 0 Å². The first-order chi connectivity index (χ1) is 8.56. The standard InChI is InChI=1S/C14H12Cl2FN/c1-9(13-6-5-10(15)7-14(13)16)18-12-4-2-3-11(17)8-12/h2-9,18H,1H3. The molecular weight excluding hydrogens is 272 g/mol. The van der Waals surface area contributed by atoms with Gasteiger partial charge in [-0.1, -0.05) is 35.3 Å². The molecule has 1 unspecified atom stereocenters. The molecule has 94 valence electrons. The molecule has 18 heavy (non-hydrogen) atoms. The molecule has 1 N–H and O–H groups in total. The van der Waals surface area contributed by atoms with Crippen LogP contribution >= 0.6 is 23.2 Å². The zero-order chi connectivity index (χ0) is 13.1. The summed E-state index contributed by atoms with van der Waals surface area (Å²) in [4.78, 5) is 0. The highest BCUT2D eigenvalue weighted by Gasteiger charge is 2.10. The average Bonchev–Trinajstić information content (AvgIpc) is 2.28. The van der Waals surface area contributed by atoms with Gasteiger partial charge in [-0.3, -0.25) is 0 Å². The summed E-state index contributed by atoms with van der Waals surface area (Å²) < 4.78 is 13.1. The van der Waals surface area contributed by atoms with E-state index in [2.05, 4.69) is 5.32 Å². The lowest BCUT2D eigenvalue weighted by Crippen LogP contribution is -2.07. The first kappa shape index (κ1) is 13.2. The first-order valence-corrected chi connectivity index (χ1v) is 6.29. The second kappa shape index (κ2) is 5.59. The molecule has 1 nitrogen and oxygen atoms in total. The smallest absolute Gasteiger partial charge is 0.125 e. The summed E-state index contributed by atoms with van der Waals surface area (Å²) >= 11 is 12.0. The highest BCUT2D eigenvalue weighted by Crippen LogP contribution is 2.28. The molecule has 1 atom stereocenters. The molecule has 0 aliphatic heterocycles. The lowest BCUT2D eigenvalue weighted by atomic mass is 10.1. The second-order valence-electron chi connectivity index (χ2n) is 4.04. The Balaban J connectivity index is 2.19. The summed E-state index contributed by atoms with van der Waals surface area (Å²) in [7, 11) is 0. The molecule has 0 spiro atoms. The monoisotopic (exact) mass is 283 g/mol. The summed E-state index contributed by atoms with van der Waals surface area (Å²) in [5, 5.41) is 4.39. The minimum absolute atomic E-state index is 0.0310. The van der Waals surface area contributed by atoms with Gasteiger partial charge in [0.15, 0.2) is 0 Å². The van der Waals surface area contributed by atoms with Crippen molar-refractivity contribution < 1.29 is 4.39 Å². The van der Waals surface area contributed by atoms with E-state index in [0.29, 0.717) is 15.7 Å². The van der Waals surface area contributed by atoms with Gasteiger partial charge in [-0.05, 0) is 42.8 Å². The Morgan fingerprint density at radius 3 is 2.56 bits per heavy atom. The molecule has 0 fully saturated rings. The van der Waals surface area contributed by atoms with Gasteiger partial charge in [-0.2, -0.15) is 0 Å². The number of anilines is 1. The number of benzene rings is 2. The second-order valence-corrected chi connectivity index (χ2v) is 4.89. The van der Waals surface area contributed by atoms with Crippen LogP contribution in [0.15, 0.2) is 42.5 Å². The third-order valence-electron chi connectivity index (χ3n) is 2.64. The minimum atomic E-state index is -0.269. The maximum Gasteiger partial charge on any atom is 0.125 e. The van der Waals surface area contributed by atoms with Crippen molar-refractivity contribution >= 4 is 28.9 Å². The van der Waals surface area contributed by atoms with Crippen LogP contribution in [0.3, 0.4) is 0 Å². The normalized spacial score (nSPS) is 12.2. The van der Waals surface area contributed by atoms with Crippen molar-refractivity contribution in [3.63, 3.8) is 0 Å². The van der Waals surface area contributed by atoms with Gasteiger partial charge < -0.3 is 5.32 Å². The Hall–Kier alpha value is -1.25. The SMILES string of the molecule is CC(Nc1cccc(F)c1)c1ccc(Cl)cc1Cl. The quantitative estimate of drug-likeness (QED) is 0.805. The van der Waals surface area contributed by atoms with Crippen LogP contribution in [0.1, 0.15) is 18.5 Å². The van der Waals surface area contributed by atoms with Crippen LogP contribution < -0.4 is 5.32 Å². The Morgan fingerprint density at radius 1 is 1.11 bits per heavy atom. The number of halogens is 3. The molecule has 0 bridgehead atoms. The highest BCUT2D eigenvalue weighted by molar-refractivity contribution is 6.35. The van der Waals surface area contributed by atoms with E-state index in [1.165, 1.54) is 12.1 Å². The van der Waals surface area contributed by atoms with E-state index in [9.17, 15) is 4.39 Å². The molecular formula is C14H12Cl2FN. The molecule has 0 aliphatic rings. The number of nitrogens with one attached hydrogen (secondary N) is 1. The lowest BCUT2D eigenvalue weighted by Gasteiger charge is -2.17. The van der Waals surface area contributed by atoms with Crippen LogP contribution in [0, 0.1) is 5.82 Å². The van der Waals surface area contributed by atoms with Crippen molar-refractivity contribution in [2.45, 2.75) is 13.0 Å². The fourth-order valence-electron chi connectivity index (χ4n) is 1.76. The number of hydrogen-bond donors (Lipinski definition) is 1. The summed E-state index contributed by atoms with van der Waals surface area (Å²) in [5.74, 6) is -0.269. The van der Waals surface area contributed by atoms with Crippen molar-refractivity contribution in [3.8, 4) is 0 Å². The van der Waals surface area contributed by atoms with Gasteiger partial charge in [0.2, 0.25) is 0 Å². The van der Waals surface area contributed by atoms with E-state index in [1.54, 1.807) is 18.2 Å². The van der Waals surface area contributed by atoms with E-state index in [4.69, 9.17) is 23.2 Å². The molecule has 2 aromatic carbocycles. The molecule has 0 saturated carbocycles. The maximum absolute atomic E-state index is 13.1. The first-order valence-electron chi connectivity index (χ1n) is 5.53. The van der Waals surface area contributed by atoms with Gasteiger partial charge in [-0.25, -0.2) is 4.39 Å². The number of rotatable bonds is 3. The van der Waals surface area contributed by atoms with Gasteiger partial charge in [0.25, 0.3) is 0 Å². The number of hydrogen-bond acceptors (Lipinski definition) is 1. The molecule has 0 heterocycles. The van der Waals surface area contributed by atoms with Crippen molar-refractivity contribution in [1.29, 1.82) is 0 Å². The maximum atomic E-state index is 13.1. The van der Waals surface area contributed by atoms with Gasteiger partial charge in [-0.15, -0.1) is 0 Å². The Kier molecular flexibility index (Phi) is 4.10. The van der Waals surface area contributed by atoms with Crippen LogP contribution in [0.5, 0.6) is 0 Å². The van der Waals surface area contributed by atoms with E-state index >= 15 is 0 Å². The fraction of sp³-hybridized carbons (Fsp3) is 0.143. The van der Waals surface area contributed by atoms with E-state index in [1.807, 2.05) is 19.1 Å². The minimum Gasteiger partial charge on any atom is -0.378 e. The van der Waals surface area contributed by atoms with E-state index < -0.39 is 0 Å². The predicted octanol–water partition coefficient (Wildman–Crippen LogP) is 5.31. The molecule has 0 amide bonds. The van der Waals surface area contributed by atoms with Crippen LogP contribution in [0.4, 0.5) is 10.1 Å². The molecule has 2 rings (SSSR count). The molecule has 2 aromatic rings. The van der Waals surface area contributed by atoms with Crippen molar-refractivity contribution in [3.05, 3.63) is 63.9 Å². The van der Waals surface area contributed by atoms with E-state index in [-0.39, 0.29) is 11.9 Å². The summed E-state index contributed by atoms with van der Waals surface area (Å²) in [6, 6.07) is 11.6. The van der Waals surface area contributed by atoms with Crippen LogP contribution in [0.25, 0.3) is 0 Å². The van der Waals surface area contributed by atoms with E-state index in [0.717, 1.165) is 5.56 Å². The summed E-state index contributed by atoms with van der Waals surface area (Å²) in [6.45, 7) is 1.96. The fourth-order valence-corrected chi connectivity index (χ4v) is 2.33. The largest absolute Gasteiger partial charge is 0.378 e. The van der Waals surface area contributed by atoms with Gasteiger partial charge in [0.1, 0.15) is 5.82 Å². The van der Waals surface area contributed by atoms with Gasteiger partial charge in [0, 0.05) is 21.8 Å². The molecule has 4 heteroatoms. The summed E-state index contributed by atoms with van der Waals surface area (Å²) in [5.41, 5.74) is 1.64. The Labute approximate surface area is 116 Å². The topological polar surface area (TPSA) is 12.0 Å². The van der Waals surface area contributed by atoms with Gasteiger partial charge in [0.05, 0.1) is 0 Å². The van der Waals surface area contributed by atoms with Crippen molar-refractivity contribution in [2.75, 3.05) is 5.32 Å². The third-order valence-corrected chi connectivity index (χ3v) is 3.20. The molecule has 0 aromatic heterocycles. The van der Waals surface area contributed by atoms with Crippen molar-refractivity contribution in [1.82, 2.24) is 0 Å². The average molecular weight is 284 g/mol. The van der Waals surface area contributed by atoms with Gasteiger partial charge >= 0.3 is 0 Å². The molecule has 0 saturated heterocycles. The van der Waals surface area contributed by atoms with Crippen LogP contribution in [0.2, 0.25) is 10.0 Å². The third kappa shape index (κ3) is 3.15.